The Morgan fingerprint density at radius 1 is 1.19 bits per heavy atom. The van der Waals surface area contributed by atoms with Gasteiger partial charge in [-0.25, -0.2) is 4.79 Å². The largest absolute Gasteiger partial charge is 0.480 e. The smallest absolute Gasteiger partial charge is 0.326 e. The number of aliphatic carboxylic acids is 1. The third-order valence-corrected chi connectivity index (χ3v) is 4.37. The Labute approximate surface area is 150 Å². The molecule has 1 aromatic carbocycles. The Hall–Kier alpha value is -3.22. The molecule has 0 spiro atoms. The van der Waals surface area contributed by atoms with Crippen LogP contribution in [-0.4, -0.2) is 40.5 Å². The van der Waals surface area contributed by atoms with Crippen molar-refractivity contribution in [2.24, 2.45) is 5.92 Å². The van der Waals surface area contributed by atoms with Crippen LogP contribution in [0.4, 0.5) is 5.69 Å². The molecule has 0 saturated carbocycles. The number of hydrogen-bond acceptors (Lipinski definition) is 4. The Kier molecular flexibility index (Phi) is 5.26. The van der Waals surface area contributed by atoms with Crippen LogP contribution in [0.1, 0.15) is 12.0 Å². The molecule has 7 heteroatoms. The Balaban J connectivity index is 1.65. The number of carboxylic acids is 1. The van der Waals surface area contributed by atoms with Gasteiger partial charge >= 0.3 is 5.97 Å². The molecule has 134 valence electrons. The van der Waals surface area contributed by atoms with Crippen molar-refractivity contribution in [3.8, 4) is 0 Å². The number of amides is 2. The number of aromatic nitrogens is 1. The zero-order valence-electron chi connectivity index (χ0n) is 14.0. The fourth-order valence-corrected chi connectivity index (χ4v) is 2.98. The third-order valence-electron chi connectivity index (χ3n) is 4.37. The molecule has 1 fully saturated rings. The zero-order valence-corrected chi connectivity index (χ0v) is 14.0. The number of para-hydroxylation sites is 1. The van der Waals surface area contributed by atoms with E-state index in [4.69, 9.17) is 0 Å². The molecular weight excluding hydrogens is 334 g/mol. The molecule has 2 heterocycles. The van der Waals surface area contributed by atoms with E-state index in [1.54, 1.807) is 29.4 Å². The van der Waals surface area contributed by atoms with E-state index in [0.29, 0.717) is 0 Å². The average molecular weight is 353 g/mol. The standard InChI is InChI=1S/C19H19N3O4/c23-17-11-14(12-22(17)15-4-2-1-3-5-15)18(24)21-16(19(25)26)10-13-6-8-20-9-7-13/h1-9,14,16H,10-12H2,(H,21,24)(H,25,26). The molecule has 26 heavy (non-hydrogen) atoms. The third kappa shape index (κ3) is 4.05. The van der Waals surface area contributed by atoms with Crippen LogP contribution in [0.3, 0.4) is 0 Å². The minimum absolute atomic E-state index is 0.0717. The van der Waals surface area contributed by atoms with Crippen LogP contribution in [0.15, 0.2) is 54.9 Å². The van der Waals surface area contributed by atoms with Crippen molar-refractivity contribution in [2.75, 3.05) is 11.4 Å². The van der Waals surface area contributed by atoms with E-state index >= 15 is 0 Å². The minimum atomic E-state index is -1.11. The quantitative estimate of drug-likeness (QED) is 0.814. The molecule has 2 atom stereocenters. The molecule has 2 amide bonds. The summed E-state index contributed by atoms with van der Waals surface area (Å²) in [5.41, 5.74) is 1.50. The minimum Gasteiger partial charge on any atom is -0.480 e. The molecule has 1 aromatic heterocycles. The van der Waals surface area contributed by atoms with E-state index in [9.17, 15) is 19.5 Å². The van der Waals surface area contributed by atoms with E-state index in [2.05, 4.69) is 10.3 Å². The van der Waals surface area contributed by atoms with Crippen LogP contribution in [0, 0.1) is 5.92 Å². The molecule has 2 aromatic rings. The molecule has 0 radical (unpaired) electrons. The molecule has 1 aliphatic heterocycles. The first-order valence-electron chi connectivity index (χ1n) is 8.32. The number of carboxylic acid groups (broad SMARTS) is 1. The highest BCUT2D eigenvalue weighted by molar-refractivity contribution is 6.00. The van der Waals surface area contributed by atoms with Gasteiger partial charge < -0.3 is 15.3 Å². The number of pyridine rings is 1. The molecular formula is C19H19N3O4. The summed E-state index contributed by atoms with van der Waals surface area (Å²) in [6, 6.07) is 11.5. The summed E-state index contributed by atoms with van der Waals surface area (Å²) in [7, 11) is 0. The molecule has 1 aliphatic rings. The molecule has 2 unspecified atom stereocenters. The topological polar surface area (TPSA) is 99.6 Å². The lowest BCUT2D eigenvalue weighted by atomic mass is 10.0. The molecule has 0 aliphatic carbocycles. The van der Waals surface area contributed by atoms with Crippen LogP contribution in [0.5, 0.6) is 0 Å². The highest BCUT2D eigenvalue weighted by atomic mass is 16.4. The van der Waals surface area contributed by atoms with Gasteiger partial charge in [0.25, 0.3) is 0 Å². The Morgan fingerprint density at radius 3 is 2.54 bits per heavy atom. The summed E-state index contributed by atoms with van der Waals surface area (Å²) in [6.07, 6.45) is 3.38. The maximum absolute atomic E-state index is 12.5. The number of carbonyl (C=O) groups excluding carboxylic acids is 2. The fraction of sp³-hybridized carbons (Fsp3) is 0.263. The van der Waals surface area contributed by atoms with Crippen LogP contribution >= 0.6 is 0 Å². The summed E-state index contributed by atoms with van der Waals surface area (Å²) >= 11 is 0. The van der Waals surface area contributed by atoms with Crippen molar-refractivity contribution in [3.63, 3.8) is 0 Å². The Morgan fingerprint density at radius 2 is 1.88 bits per heavy atom. The van der Waals surface area contributed by atoms with Crippen LogP contribution in [-0.2, 0) is 20.8 Å². The maximum Gasteiger partial charge on any atom is 0.326 e. The van der Waals surface area contributed by atoms with Gasteiger partial charge in [0.15, 0.2) is 0 Å². The van der Waals surface area contributed by atoms with E-state index in [1.807, 2.05) is 30.3 Å². The van der Waals surface area contributed by atoms with Crippen molar-refractivity contribution in [1.82, 2.24) is 10.3 Å². The van der Waals surface area contributed by atoms with Gasteiger partial charge in [0, 0.05) is 37.5 Å². The highest BCUT2D eigenvalue weighted by Gasteiger charge is 2.36. The summed E-state index contributed by atoms with van der Waals surface area (Å²) in [6.45, 7) is 0.246. The van der Waals surface area contributed by atoms with Crippen LogP contribution in [0.2, 0.25) is 0 Å². The van der Waals surface area contributed by atoms with Crippen LogP contribution in [0.25, 0.3) is 0 Å². The molecule has 1 saturated heterocycles. The van der Waals surface area contributed by atoms with Gasteiger partial charge in [0.05, 0.1) is 5.92 Å². The predicted octanol–water partition coefficient (Wildman–Crippen LogP) is 1.25. The number of nitrogens with one attached hydrogen (secondary N) is 1. The van der Waals surface area contributed by atoms with Gasteiger partial charge in [-0.1, -0.05) is 18.2 Å². The summed E-state index contributed by atoms with van der Waals surface area (Å²) < 4.78 is 0. The first-order chi connectivity index (χ1) is 12.5. The summed E-state index contributed by atoms with van der Waals surface area (Å²) in [5, 5.41) is 12.0. The van der Waals surface area contributed by atoms with E-state index < -0.39 is 23.8 Å². The van der Waals surface area contributed by atoms with Crippen molar-refractivity contribution in [2.45, 2.75) is 18.9 Å². The van der Waals surface area contributed by atoms with Gasteiger partial charge in [-0.2, -0.15) is 0 Å². The second kappa shape index (κ2) is 7.77. The molecule has 0 bridgehead atoms. The lowest BCUT2D eigenvalue weighted by Crippen LogP contribution is -2.45. The zero-order chi connectivity index (χ0) is 18.5. The van der Waals surface area contributed by atoms with Crippen molar-refractivity contribution in [1.29, 1.82) is 0 Å². The second-order valence-electron chi connectivity index (χ2n) is 6.20. The van der Waals surface area contributed by atoms with E-state index in [0.717, 1.165) is 11.3 Å². The number of rotatable bonds is 6. The monoisotopic (exact) mass is 353 g/mol. The van der Waals surface area contributed by atoms with Gasteiger partial charge in [-0.05, 0) is 29.8 Å². The SMILES string of the molecule is O=C(NC(Cc1ccncc1)C(=O)O)C1CC(=O)N(c2ccccc2)C1. The summed E-state index contributed by atoms with van der Waals surface area (Å²) in [4.78, 5) is 41.7. The number of benzene rings is 1. The second-order valence-corrected chi connectivity index (χ2v) is 6.20. The fourth-order valence-electron chi connectivity index (χ4n) is 2.98. The predicted molar refractivity (Wildman–Crippen MR) is 94.4 cm³/mol. The highest BCUT2D eigenvalue weighted by Crippen LogP contribution is 2.25. The lowest BCUT2D eigenvalue weighted by Gasteiger charge is -2.18. The van der Waals surface area contributed by atoms with Gasteiger partial charge in [-0.3, -0.25) is 14.6 Å². The van der Waals surface area contributed by atoms with Crippen molar-refractivity contribution >= 4 is 23.5 Å². The normalized spacial score (nSPS) is 17.8. The number of carbonyl (C=O) groups is 3. The first kappa shape index (κ1) is 17.6. The van der Waals surface area contributed by atoms with E-state index in [-0.39, 0.29) is 25.3 Å². The maximum atomic E-state index is 12.5. The van der Waals surface area contributed by atoms with Gasteiger partial charge in [0.1, 0.15) is 6.04 Å². The number of nitrogens with zero attached hydrogens (tertiary/aromatic N) is 2. The van der Waals surface area contributed by atoms with Gasteiger partial charge in [0.2, 0.25) is 11.8 Å². The Bertz CT molecular complexity index is 795. The van der Waals surface area contributed by atoms with Gasteiger partial charge in [-0.15, -0.1) is 0 Å². The molecule has 7 nitrogen and oxygen atoms in total. The van der Waals surface area contributed by atoms with Crippen LogP contribution < -0.4 is 10.2 Å². The van der Waals surface area contributed by atoms with Crippen molar-refractivity contribution in [3.05, 3.63) is 60.4 Å². The lowest BCUT2D eigenvalue weighted by molar-refractivity contribution is -0.142. The molecule has 3 rings (SSSR count). The summed E-state index contributed by atoms with van der Waals surface area (Å²) in [5.74, 6) is -2.24. The van der Waals surface area contributed by atoms with Crippen molar-refractivity contribution < 1.29 is 19.5 Å². The van der Waals surface area contributed by atoms with E-state index in [1.165, 1.54) is 0 Å². The average Bonchev–Trinajstić information content (AvgIpc) is 3.04. The molecule has 2 N–H and O–H groups in total. The first-order valence-corrected chi connectivity index (χ1v) is 8.32. The number of anilines is 1. The number of hydrogen-bond donors (Lipinski definition) is 2.